The molecule has 0 radical (unpaired) electrons. The maximum absolute atomic E-state index is 12.0. The van der Waals surface area contributed by atoms with Gasteiger partial charge in [-0.3, -0.25) is 9.59 Å². The number of amides is 2. The lowest BCUT2D eigenvalue weighted by Crippen LogP contribution is -2.46. The molecule has 2 amide bonds. The van der Waals surface area contributed by atoms with Crippen molar-refractivity contribution in [1.29, 1.82) is 0 Å². The highest BCUT2D eigenvalue weighted by Crippen LogP contribution is 2.28. The molecule has 1 fully saturated rings. The molecular formula is C16H22N2O3. The predicted molar refractivity (Wildman–Crippen MR) is 79.6 cm³/mol. The topological polar surface area (TPSA) is 78.4 Å². The fourth-order valence-electron chi connectivity index (χ4n) is 1.87. The number of nitrogens with one attached hydrogen (secondary N) is 2. The lowest BCUT2D eigenvalue weighted by atomic mass is 10.1. The summed E-state index contributed by atoms with van der Waals surface area (Å²) >= 11 is 0. The molecule has 114 valence electrons. The van der Waals surface area contributed by atoms with Gasteiger partial charge in [0.1, 0.15) is 0 Å². The number of carbonyl (C=O) groups excluding carboxylic acids is 2. The summed E-state index contributed by atoms with van der Waals surface area (Å²) in [7, 11) is 0. The number of aliphatic hydroxyl groups excluding tert-OH is 1. The Bertz CT molecular complexity index is 519. The molecule has 1 aromatic rings. The summed E-state index contributed by atoms with van der Waals surface area (Å²) in [6, 6.07) is 7.10. The third-order valence-electron chi connectivity index (χ3n) is 3.48. The van der Waals surface area contributed by atoms with Gasteiger partial charge in [0.05, 0.1) is 12.1 Å². The molecule has 0 aromatic heterocycles. The van der Waals surface area contributed by atoms with Crippen molar-refractivity contribution >= 4 is 11.8 Å². The average molecular weight is 290 g/mol. The van der Waals surface area contributed by atoms with Crippen molar-refractivity contribution in [1.82, 2.24) is 10.6 Å². The first-order chi connectivity index (χ1) is 9.91. The standard InChI is InChI=1S/C16H22N2O3/c1-16(2,10-19)18-15(21)13-5-3-11(4-6-13)9-17-14(20)12-7-8-12/h3-6,12,19H,7-10H2,1-2H3,(H,17,20)(H,18,21). The Labute approximate surface area is 124 Å². The van der Waals surface area contributed by atoms with E-state index in [1.165, 1.54) is 0 Å². The van der Waals surface area contributed by atoms with Crippen LogP contribution in [0.25, 0.3) is 0 Å². The van der Waals surface area contributed by atoms with E-state index in [1.807, 2.05) is 12.1 Å². The van der Waals surface area contributed by atoms with Gasteiger partial charge in [0, 0.05) is 18.0 Å². The maximum Gasteiger partial charge on any atom is 0.251 e. The molecule has 0 atom stereocenters. The highest BCUT2D eigenvalue weighted by Gasteiger charge is 2.29. The van der Waals surface area contributed by atoms with E-state index >= 15 is 0 Å². The van der Waals surface area contributed by atoms with Crippen molar-refractivity contribution in [3.63, 3.8) is 0 Å². The molecule has 5 nitrogen and oxygen atoms in total. The molecule has 2 rings (SSSR count). The Morgan fingerprint density at radius 2 is 1.86 bits per heavy atom. The molecule has 0 spiro atoms. The van der Waals surface area contributed by atoms with Crippen LogP contribution in [-0.4, -0.2) is 29.1 Å². The van der Waals surface area contributed by atoms with Gasteiger partial charge >= 0.3 is 0 Å². The zero-order chi connectivity index (χ0) is 15.5. The molecule has 5 heteroatoms. The Kier molecular flexibility index (Phi) is 4.63. The number of hydrogen-bond acceptors (Lipinski definition) is 3. The molecule has 21 heavy (non-hydrogen) atoms. The van der Waals surface area contributed by atoms with Crippen molar-refractivity contribution in [2.24, 2.45) is 5.92 Å². The quantitative estimate of drug-likeness (QED) is 0.737. The molecular weight excluding hydrogens is 268 g/mol. The van der Waals surface area contributed by atoms with Gasteiger partial charge in [-0.2, -0.15) is 0 Å². The normalized spacial score (nSPS) is 14.6. The highest BCUT2D eigenvalue weighted by molar-refractivity contribution is 5.94. The Balaban J connectivity index is 1.88. The second kappa shape index (κ2) is 6.26. The van der Waals surface area contributed by atoms with Crippen molar-refractivity contribution < 1.29 is 14.7 Å². The Morgan fingerprint density at radius 1 is 1.24 bits per heavy atom. The third kappa shape index (κ3) is 4.56. The van der Waals surface area contributed by atoms with E-state index in [2.05, 4.69) is 10.6 Å². The molecule has 0 bridgehead atoms. The summed E-state index contributed by atoms with van der Waals surface area (Å²) in [5, 5.41) is 14.8. The summed E-state index contributed by atoms with van der Waals surface area (Å²) in [6.45, 7) is 3.88. The van der Waals surface area contributed by atoms with Gasteiger partial charge in [-0.1, -0.05) is 12.1 Å². The van der Waals surface area contributed by atoms with Crippen LogP contribution in [0.4, 0.5) is 0 Å². The van der Waals surface area contributed by atoms with Gasteiger partial charge in [-0.15, -0.1) is 0 Å². The highest BCUT2D eigenvalue weighted by atomic mass is 16.3. The van der Waals surface area contributed by atoms with Crippen LogP contribution in [0.15, 0.2) is 24.3 Å². The fourth-order valence-corrected chi connectivity index (χ4v) is 1.87. The zero-order valence-corrected chi connectivity index (χ0v) is 12.5. The van der Waals surface area contributed by atoms with Gasteiger partial charge in [0.25, 0.3) is 5.91 Å². The van der Waals surface area contributed by atoms with E-state index < -0.39 is 5.54 Å². The second-order valence-electron chi connectivity index (χ2n) is 6.19. The third-order valence-corrected chi connectivity index (χ3v) is 3.48. The summed E-state index contributed by atoms with van der Waals surface area (Å²) in [4.78, 5) is 23.5. The van der Waals surface area contributed by atoms with E-state index in [4.69, 9.17) is 5.11 Å². The van der Waals surface area contributed by atoms with Crippen LogP contribution in [0.2, 0.25) is 0 Å². The molecule has 1 saturated carbocycles. The molecule has 3 N–H and O–H groups in total. The summed E-state index contributed by atoms with van der Waals surface area (Å²) in [5.74, 6) is 0.0971. The van der Waals surface area contributed by atoms with Crippen LogP contribution in [0.3, 0.4) is 0 Å². The SMILES string of the molecule is CC(C)(CO)NC(=O)c1ccc(CNC(=O)C2CC2)cc1. The van der Waals surface area contributed by atoms with Crippen molar-refractivity contribution in [3.05, 3.63) is 35.4 Å². The fraction of sp³-hybridized carbons (Fsp3) is 0.500. The van der Waals surface area contributed by atoms with Crippen LogP contribution in [0.1, 0.15) is 42.6 Å². The van der Waals surface area contributed by atoms with Crippen LogP contribution < -0.4 is 10.6 Å². The van der Waals surface area contributed by atoms with Gasteiger partial charge < -0.3 is 15.7 Å². The largest absolute Gasteiger partial charge is 0.394 e. The van der Waals surface area contributed by atoms with Crippen LogP contribution in [0, 0.1) is 5.92 Å². The molecule has 1 aromatic carbocycles. The maximum atomic E-state index is 12.0. The number of aliphatic hydroxyl groups is 1. The van der Waals surface area contributed by atoms with Gasteiger partial charge in [-0.05, 0) is 44.4 Å². The second-order valence-corrected chi connectivity index (χ2v) is 6.19. The van der Waals surface area contributed by atoms with E-state index in [9.17, 15) is 9.59 Å². The summed E-state index contributed by atoms with van der Waals surface area (Å²) in [6.07, 6.45) is 1.98. The number of carbonyl (C=O) groups is 2. The molecule has 0 unspecified atom stereocenters. The van der Waals surface area contributed by atoms with E-state index in [0.717, 1.165) is 18.4 Å². The molecule has 0 heterocycles. The molecule has 1 aliphatic rings. The minimum atomic E-state index is -0.645. The lowest BCUT2D eigenvalue weighted by molar-refractivity contribution is -0.122. The number of rotatable bonds is 6. The van der Waals surface area contributed by atoms with Gasteiger partial charge in [0.2, 0.25) is 5.91 Å². The molecule has 0 saturated heterocycles. The number of hydrogen-bond donors (Lipinski definition) is 3. The van der Waals surface area contributed by atoms with E-state index in [1.54, 1.807) is 26.0 Å². The van der Waals surface area contributed by atoms with Crippen molar-refractivity contribution in [2.45, 2.75) is 38.8 Å². The van der Waals surface area contributed by atoms with Crippen LogP contribution >= 0.6 is 0 Å². The van der Waals surface area contributed by atoms with Crippen molar-refractivity contribution in [2.75, 3.05) is 6.61 Å². The molecule has 1 aliphatic carbocycles. The first-order valence-electron chi connectivity index (χ1n) is 7.21. The minimum Gasteiger partial charge on any atom is -0.394 e. The first-order valence-corrected chi connectivity index (χ1v) is 7.21. The monoisotopic (exact) mass is 290 g/mol. The first kappa shape index (κ1) is 15.5. The van der Waals surface area contributed by atoms with Crippen molar-refractivity contribution in [3.8, 4) is 0 Å². The predicted octanol–water partition coefficient (Wildman–Crippen LogP) is 1.21. The van der Waals surface area contributed by atoms with Gasteiger partial charge in [0.15, 0.2) is 0 Å². The zero-order valence-electron chi connectivity index (χ0n) is 12.5. The number of benzene rings is 1. The van der Waals surface area contributed by atoms with E-state index in [-0.39, 0.29) is 24.3 Å². The molecule has 0 aliphatic heterocycles. The summed E-state index contributed by atoms with van der Waals surface area (Å²) in [5.41, 5.74) is 0.851. The minimum absolute atomic E-state index is 0.113. The lowest BCUT2D eigenvalue weighted by Gasteiger charge is -2.23. The van der Waals surface area contributed by atoms with E-state index in [0.29, 0.717) is 12.1 Å². The average Bonchev–Trinajstić information content (AvgIpc) is 3.29. The summed E-state index contributed by atoms with van der Waals surface area (Å²) < 4.78 is 0. The smallest absolute Gasteiger partial charge is 0.251 e. The van der Waals surface area contributed by atoms with Gasteiger partial charge in [-0.25, -0.2) is 0 Å². The van der Waals surface area contributed by atoms with Crippen LogP contribution in [0.5, 0.6) is 0 Å². The van der Waals surface area contributed by atoms with Crippen LogP contribution in [-0.2, 0) is 11.3 Å². The Hall–Kier alpha value is -1.88. The Morgan fingerprint density at radius 3 is 2.38 bits per heavy atom.